The second kappa shape index (κ2) is 5.66. The Morgan fingerprint density at radius 3 is 2.74 bits per heavy atom. The molecule has 1 aromatic carbocycles. The summed E-state index contributed by atoms with van der Waals surface area (Å²) in [6, 6.07) is 6.95. The third kappa shape index (κ3) is 3.10. The number of hydrogen-bond acceptors (Lipinski definition) is 3. The fourth-order valence-electron chi connectivity index (χ4n) is 2.54. The number of hydrogen-bond donors (Lipinski definition) is 1. The molecule has 0 saturated heterocycles. The van der Waals surface area contributed by atoms with Gasteiger partial charge in [-0.1, -0.05) is 25.8 Å². The minimum Gasteiger partial charge on any atom is -0.310 e. The molecule has 19 heavy (non-hydrogen) atoms. The summed E-state index contributed by atoms with van der Waals surface area (Å²) in [5.41, 5.74) is 3.33. The predicted octanol–water partition coefficient (Wildman–Crippen LogP) is 3.47. The van der Waals surface area contributed by atoms with Gasteiger partial charge in [0.15, 0.2) is 0 Å². The molecule has 0 aliphatic heterocycles. The monoisotopic (exact) mass is 255 g/mol. The maximum atomic E-state index is 4.41. The molecule has 1 aliphatic carbocycles. The molecule has 1 heterocycles. The van der Waals surface area contributed by atoms with Crippen LogP contribution in [-0.2, 0) is 0 Å². The number of benzene rings is 1. The molecule has 0 amide bonds. The van der Waals surface area contributed by atoms with Crippen molar-refractivity contribution in [1.29, 1.82) is 0 Å². The second-order valence-electron chi connectivity index (χ2n) is 5.49. The molecule has 1 N–H and O–H groups in total. The van der Waals surface area contributed by atoms with Crippen LogP contribution in [-0.4, -0.2) is 16.5 Å². The van der Waals surface area contributed by atoms with E-state index in [1.165, 1.54) is 31.2 Å². The van der Waals surface area contributed by atoms with Crippen molar-refractivity contribution < 1.29 is 0 Å². The standard InChI is InChI=1S/C16H21N3/c1-2-7-17-15(10-12-3-4-12)13-5-6-14-16(11-13)19-9-8-18-14/h5-6,8-9,11-12,15,17H,2-4,7,10H2,1H3. The Bertz CT molecular complexity index is 548. The number of rotatable bonds is 6. The highest BCUT2D eigenvalue weighted by molar-refractivity contribution is 5.74. The minimum atomic E-state index is 0.471. The Kier molecular flexibility index (Phi) is 3.74. The van der Waals surface area contributed by atoms with E-state index in [4.69, 9.17) is 0 Å². The lowest BCUT2D eigenvalue weighted by Crippen LogP contribution is -2.22. The van der Waals surface area contributed by atoms with Crippen LogP contribution in [0.2, 0.25) is 0 Å². The molecular formula is C16H21N3. The summed E-state index contributed by atoms with van der Waals surface area (Å²) in [5.74, 6) is 0.923. The van der Waals surface area contributed by atoms with Gasteiger partial charge in [0.25, 0.3) is 0 Å². The first-order valence-electron chi connectivity index (χ1n) is 7.31. The lowest BCUT2D eigenvalue weighted by molar-refractivity contribution is 0.474. The number of fused-ring (bicyclic) bond motifs is 1. The van der Waals surface area contributed by atoms with Crippen LogP contribution >= 0.6 is 0 Å². The molecule has 1 aliphatic rings. The zero-order chi connectivity index (χ0) is 13.1. The Balaban J connectivity index is 1.84. The van der Waals surface area contributed by atoms with Crippen molar-refractivity contribution in [3.05, 3.63) is 36.2 Å². The first kappa shape index (κ1) is 12.5. The quantitative estimate of drug-likeness (QED) is 0.859. The highest BCUT2D eigenvalue weighted by Crippen LogP contribution is 2.37. The van der Waals surface area contributed by atoms with Crippen molar-refractivity contribution >= 4 is 11.0 Å². The summed E-state index contributed by atoms with van der Waals surface area (Å²) in [6.07, 6.45) is 8.75. The van der Waals surface area contributed by atoms with Crippen LogP contribution in [0, 0.1) is 5.92 Å². The summed E-state index contributed by atoms with van der Waals surface area (Å²) in [5, 5.41) is 3.67. The van der Waals surface area contributed by atoms with Gasteiger partial charge >= 0.3 is 0 Å². The van der Waals surface area contributed by atoms with Crippen molar-refractivity contribution in [3.63, 3.8) is 0 Å². The second-order valence-corrected chi connectivity index (χ2v) is 5.49. The highest BCUT2D eigenvalue weighted by atomic mass is 14.9. The van der Waals surface area contributed by atoms with Gasteiger partial charge in [0.1, 0.15) is 0 Å². The van der Waals surface area contributed by atoms with Gasteiger partial charge in [0.2, 0.25) is 0 Å². The van der Waals surface area contributed by atoms with Crippen LogP contribution in [0.25, 0.3) is 11.0 Å². The first-order valence-corrected chi connectivity index (χ1v) is 7.31. The molecule has 3 nitrogen and oxygen atoms in total. The molecule has 0 radical (unpaired) electrons. The van der Waals surface area contributed by atoms with E-state index in [1.54, 1.807) is 12.4 Å². The summed E-state index contributed by atoms with van der Waals surface area (Å²) in [7, 11) is 0. The summed E-state index contributed by atoms with van der Waals surface area (Å²) in [6.45, 7) is 3.29. The first-order chi connectivity index (χ1) is 9.36. The van der Waals surface area contributed by atoms with Crippen LogP contribution < -0.4 is 5.32 Å². The van der Waals surface area contributed by atoms with Crippen LogP contribution in [0.3, 0.4) is 0 Å². The molecule has 2 aromatic rings. The minimum absolute atomic E-state index is 0.471. The van der Waals surface area contributed by atoms with Crippen LogP contribution in [0.4, 0.5) is 0 Å². The SMILES string of the molecule is CCCNC(CC1CC1)c1ccc2nccnc2c1. The molecule has 0 bridgehead atoms. The zero-order valence-electron chi connectivity index (χ0n) is 11.5. The number of nitrogens with one attached hydrogen (secondary N) is 1. The Hall–Kier alpha value is -1.48. The maximum Gasteiger partial charge on any atom is 0.0890 e. The van der Waals surface area contributed by atoms with E-state index in [1.807, 2.05) is 0 Å². The number of nitrogens with zero attached hydrogens (tertiary/aromatic N) is 2. The molecule has 1 atom stereocenters. The van der Waals surface area contributed by atoms with Crippen molar-refractivity contribution in [3.8, 4) is 0 Å². The topological polar surface area (TPSA) is 37.8 Å². The van der Waals surface area contributed by atoms with Gasteiger partial charge in [-0.25, -0.2) is 0 Å². The van der Waals surface area contributed by atoms with Gasteiger partial charge in [0.05, 0.1) is 11.0 Å². The average molecular weight is 255 g/mol. The maximum absolute atomic E-state index is 4.41. The third-order valence-electron chi connectivity index (χ3n) is 3.80. The summed E-state index contributed by atoms with van der Waals surface area (Å²) < 4.78 is 0. The predicted molar refractivity (Wildman–Crippen MR) is 77.9 cm³/mol. The van der Waals surface area contributed by atoms with Crippen molar-refractivity contribution in [2.45, 2.75) is 38.6 Å². The van der Waals surface area contributed by atoms with E-state index in [0.717, 1.165) is 23.5 Å². The van der Waals surface area contributed by atoms with Crippen molar-refractivity contribution in [1.82, 2.24) is 15.3 Å². The summed E-state index contributed by atoms with van der Waals surface area (Å²) >= 11 is 0. The molecule has 0 spiro atoms. The van der Waals surface area contributed by atoms with Gasteiger partial charge in [-0.2, -0.15) is 0 Å². The van der Waals surface area contributed by atoms with Crippen molar-refractivity contribution in [2.75, 3.05) is 6.54 Å². The largest absolute Gasteiger partial charge is 0.310 e. The van der Waals surface area contributed by atoms with Crippen LogP contribution in [0.1, 0.15) is 44.2 Å². The molecule has 1 saturated carbocycles. The van der Waals surface area contributed by atoms with Crippen LogP contribution in [0.5, 0.6) is 0 Å². The lowest BCUT2D eigenvalue weighted by atomic mass is 10.0. The third-order valence-corrected chi connectivity index (χ3v) is 3.80. The van der Waals surface area contributed by atoms with Gasteiger partial charge in [-0.05, 0) is 43.0 Å². The number of aromatic nitrogens is 2. The van der Waals surface area contributed by atoms with Gasteiger partial charge in [-0.15, -0.1) is 0 Å². The van der Waals surface area contributed by atoms with E-state index < -0.39 is 0 Å². The smallest absolute Gasteiger partial charge is 0.0890 e. The van der Waals surface area contributed by atoms with Crippen molar-refractivity contribution in [2.24, 2.45) is 5.92 Å². The normalized spacial score (nSPS) is 16.7. The van der Waals surface area contributed by atoms with Gasteiger partial charge in [0, 0.05) is 18.4 Å². The molecule has 1 fully saturated rings. The molecule has 3 rings (SSSR count). The molecular weight excluding hydrogens is 234 g/mol. The van der Waals surface area contributed by atoms with Gasteiger partial charge < -0.3 is 5.32 Å². The fraction of sp³-hybridized carbons (Fsp3) is 0.500. The molecule has 100 valence electrons. The van der Waals surface area contributed by atoms with E-state index in [-0.39, 0.29) is 0 Å². The zero-order valence-corrected chi connectivity index (χ0v) is 11.5. The van der Waals surface area contributed by atoms with Gasteiger partial charge in [-0.3, -0.25) is 9.97 Å². The Morgan fingerprint density at radius 2 is 2.00 bits per heavy atom. The van der Waals surface area contributed by atoms with E-state index >= 15 is 0 Å². The molecule has 1 unspecified atom stereocenters. The summed E-state index contributed by atoms with van der Waals surface area (Å²) in [4.78, 5) is 8.74. The molecule has 3 heteroatoms. The Labute approximate surface area is 114 Å². The fourth-order valence-corrected chi connectivity index (χ4v) is 2.54. The highest BCUT2D eigenvalue weighted by Gasteiger charge is 2.26. The van der Waals surface area contributed by atoms with Crippen LogP contribution in [0.15, 0.2) is 30.6 Å². The Morgan fingerprint density at radius 1 is 1.21 bits per heavy atom. The van der Waals surface area contributed by atoms with E-state index in [9.17, 15) is 0 Å². The average Bonchev–Trinajstić information content (AvgIpc) is 3.27. The van der Waals surface area contributed by atoms with E-state index in [2.05, 4.69) is 40.4 Å². The van der Waals surface area contributed by atoms with E-state index in [0.29, 0.717) is 6.04 Å². The lowest BCUT2D eigenvalue weighted by Gasteiger charge is -2.19. The molecule has 1 aromatic heterocycles.